The van der Waals surface area contributed by atoms with Gasteiger partial charge in [-0.2, -0.15) is 0 Å². The molecule has 4 heteroatoms. The highest BCUT2D eigenvalue weighted by Gasteiger charge is 2.22. The Morgan fingerprint density at radius 3 is 2.89 bits per heavy atom. The standard InChI is InChI=1S/C14H18BrNO2/c1-3-18-14(17)11-6-7-13(12(15)9-11)16-8-4-5-10(16)2/h6-7,9-10H,3-5,8H2,1-2H3. The zero-order chi connectivity index (χ0) is 13.1. The van der Waals surface area contributed by atoms with E-state index in [1.165, 1.54) is 12.8 Å². The van der Waals surface area contributed by atoms with Crippen LogP contribution in [0.4, 0.5) is 5.69 Å². The van der Waals surface area contributed by atoms with E-state index >= 15 is 0 Å². The lowest BCUT2D eigenvalue weighted by Crippen LogP contribution is -2.26. The Kier molecular flexibility index (Phi) is 4.27. The monoisotopic (exact) mass is 311 g/mol. The summed E-state index contributed by atoms with van der Waals surface area (Å²) >= 11 is 3.55. The topological polar surface area (TPSA) is 29.5 Å². The predicted molar refractivity (Wildman–Crippen MR) is 76.1 cm³/mol. The first kappa shape index (κ1) is 13.4. The van der Waals surface area contributed by atoms with Gasteiger partial charge in [0.05, 0.1) is 17.9 Å². The van der Waals surface area contributed by atoms with Crippen LogP contribution in [0.3, 0.4) is 0 Å². The Labute approximate surface area is 116 Å². The van der Waals surface area contributed by atoms with Crippen LogP contribution in [0.5, 0.6) is 0 Å². The number of benzene rings is 1. The molecule has 1 saturated heterocycles. The van der Waals surface area contributed by atoms with Gasteiger partial charge in [-0.25, -0.2) is 4.79 Å². The van der Waals surface area contributed by atoms with Gasteiger partial charge in [-0.1, -0.05) is 0 Å². The highest BCUT2D eigenvalue weighted by Crippen LogP contribution is 2.32. The Balaban J connectivity index is 2.22. The smallest absolute Gasteiger partial charge is 0.338 e. The van der Waals surface area contributed by atoms with Crippen molar-refractivity contribution in [3.63, 3.8) is 0 Å². The van der Waals surface area contributed by atoms with Crippen molar-refractivity contribution in [2.45, 2.75) is 32.7 Å². The van der Waals surface area contributed by atoms with Gasteiger partial charge in [-0.3, -0.25) is 0 Å². The van der Waals surface area contributed by atoms with Crippen LogP contribution in [0.15, 0.2) is 22.7 Å². The minimum atomic E-state index is -0.265. The maximum atomic E-state index is 11.6. The molecule has 98 valence electrons. The average molecular weight is 312 g/mol. The predicted octanol–water partition coefficient (Wildman–Crippen LogP) is 3.61. The van der Waals surface area contributed by atoms with E-state index in [2.05, 4.69) is 27.8 Å². The van der Waals surface area contributed by atoms with Gasteiger partial charge >= 0.3 is 5.97 Å². The Hall–Kier alpha value is -1.03. The minimum absolute atomic E-state index is 0.265. The van der Waals surface area contributed by atoms with Crippen LogP contribution in [-0.2, 0) is 4.74 Å². The highest BCUT2D eigenvalue weighted by atomic mass is 79.9. The van der Waals surface area contributed by atoms with E-state index in [4.69, 9.17) is 4.74 Å². The van der Waals surface area contributed by atoms with Gasteiger partial charge < -0.3 is 9.64 Å². The largest absolute Gasteiger partial charge is 0.462 e. The molecule has 1 fully saturated rings. The summed E-state index contributed by atoms with van der Waals surface area (Å²) in [6.07, 6.45) is 2.46. The van der Waals surface area contributed by atoms with Crippen LogP contribution in [0.2, 0.25) is 0 Å². The first-order chi connectivity index (χ1) is 8.63. The van der Waals surface area contributed by atoms with E-state index in [9.17, 15) is 4.79 Å². The summed E-state index contributed by atoms with van der Waals surface area (Å²) in [6.45, 7) is 5.53. The molecule has 1 aliphatic heterocycles. The number of halogens is 1. The van der Waals surface area contributed by atoms with Crippen molar-refractivity contribution in [1.82, 2.24) is 0 Å². The zero-order valence-corrected chi connectivity index (χ0v) is 12.4. The molecule has 0 spiro atoms. The van der Waals surface area contributed by atoms with E-state index in [1.54, 1.807) is 0 Å². The molecule has 1 unspecified atom stereocenters. The molecule has 1 atom stereocenters. The molecule has 0 saturated carbocycles. The molecule has 1 aromatic rings. The van der Waals surface area contributed by atoms with Crippen molar-refractivity contribution in [2.24, 2.45) is 0 Å². The third kappa shape index (κ3) is 2.69. The number of carbonyl (C=O) groups excluding carboxylic acids is 1. The molecular weight excluding hydrogens is 294 g/mol. The lowest BCUT2D eigenvalue weighted by Gasteiger charge is -2.25. The van der Waals surface area contributed by atoms with Crippen molar-refractivity contribution >= 4 is 27.6 Å². The van der Waals surface area contributed by atoms with Crippen LogP contribution < -0.4 is 4.90 Å². The molecule has 0 aromatic heterocycles. The lowest BCUT2D eigenvalue weighted by atomic mass is 10.2. The Bertz CT molecular complexity index is 447. The molecule has 1 heterocycles. The normalized spacial score (nSPS) is 19.1. The number of carbonyl (C=O) groups is 1. The number of ether oxygens (including phenoxy) is 1. The molecule has 0 bridgehead atoms. The van der Waals surface area contributed by atoms with Gasteiger partial charge in [0, 0.05) is 17.1 Å². The van der Waals surface area contributed by atoms with Gasteiger partial charge in [0.2, 0.25) is 0 Å². The van der Waals surface area contributed by atoms with E-state index in [0.29, 0.717) is 18.2 Å². The molecular formula is C14H18BrNO2. The number of rotatable bonds is 3. The first-order valence-electron chi connectivity index (χ1n) is 6.36. The first-order valence-corrected chi connectivity index (χ1v) is 7.16. The molecule has 18 heavy (non-hydrogen) atoms. The summed E-state index contributed by atoms with van der Waals surface area (Å²) in [5.74, 6) is -0.265. The fourth-order valence-corrected chi connectivity index (χ4v) is 2.98. The van der Waals surface area contributed by atoms with Crippen molar-refractivity contribution in [2.75, 3.05) is 18.1 Å². The third-order valence-corrected chi connectivity index (χ3v) is 3.96. The molecule has 0 N–H and O–H groups in total. The van der Waals surface area contributed by atoms with Crippen molar-refractivity contribution < 1.29 is 9.53 Å². The minimum Gasteiger partial charge on any atom is -0.462 e. The molecule has 0 aliphatic carbocycles. The number of esters is 1. The fraction of sp³-hybridized carbons (Fsp3) is 0.500. The molecule has 3 nitrogen and oxygen atoms in total. The maximum Gasteiger partial charge on any atom is 0.338 e. The van der Waals surface area contributed by atoms with Crippen molar-refractivity contribution in [3.05, 3.63) is 28.2 Å². The van der Waals surface area contributed by atoms with E-state index in [0.717, 1.165) is 16.7 Å². The van der Waals surface area contributed by atoms with Crippen LogP contribution in [0, 0.1) is 0 Å². The number of nitrogens with zero attached hydrogens (tertiary/aromatic N) is 1. The van der Waals surface area contributed by atoms with Gasteiger partial charge in [-0.05, 0) is 60.8 Å². The summed E-state index contributed by atoms with van der Waals surface area (Å²) in [4.78, 5) is 14.0. The van der Waals surface area contributed by atoms with Crippen LogP contribution >= 0.6 is 15.9 Å². The highest BCUT2D eigenvalue weighted by molar-refractivity contribution is 9.10. The average Bonchev–Trinajstić information content (AvgIpc) is 2.75. The summed E-state index contributed by atoms with van der Waals surface area (Å²) < 4.78 is 5.96. The molecule has 2 rings (SSSR count). The molecule has 0 radical (unpaired) electrons. The summed E-state index contributed by atoms with van der Waals surface area (Å²) in [5, 5.41) is 0. The number of hydrogen-bond donors (Lipinski definition) is 0. The maximum absolute atomic E-state index is 11.6. The van der Waals surface area contributed by atoms with E-state index < -0.39 is 0 Å². The van der Waals surface area contributed by atoms with Crippen molar-refractivity contribution in [1.29, 1.82) is 0 Å². The second kappa shape index (κ2) is 5.74. The van der Waals surface area contributed by atoms with Crippen LogP contribution in [0.25, 0.3) is 0 Å². The van der Waals surface area contributed by atoms with Crippen LogP contribution in [0.1, 0.15) is 37.0 Å². The number of hydrogen-bond acceptors (Lipinski definition) is 3. The quantitative estimate of drug-likeness (QED) is 0.799. The second-order valence-corrected chi connectivity index (χ2v) is 5.43. The SMILES string of the molecule is CCOC(=O)c1ccc(N2CCCC2C)c(Br)c1. The van der Waals surface area contributed by atoms with E-state index in [1.807, 2.05) is 25.1 Å². The summed E-state index contributed by atoms with van der Waals surface area (Å²) in [7, 11) is 0. The Morgan fingerprint density at radius 1 is 1.56 bits per heavy atom. The second-order valence-electron chi connectivity index (χ2n) is 4.57. The van der Waals surface area contributed by atoms with Gasteiger partial charge in [0.15, 0.2) is 0 Å². The molecule has 1 aromatic carbocycles. The van der Waals surface area contributed by atoms with Gasteiger partial charge in [0.25, 0.3) is 0 Å². The van der Waals surface area contributed by atoms with E-state index in [-0.39, 0.29) is 5.97 Å². The third-order valence-electron chi connectivity index (χ3n) is 3.32. The van der Waals surface area contributed by atoms with Gasteiger partial charge in [-0.15, -0.1) is 0 Å². The fourth-order valence-electron chi connectivity index (χ4n) is 2.37. The molecule has 1 aliphatic rings. The molecule has 0 amide bonds. The lowest BCUT2D eigenvalue weighted by molar-refractivity contribution is 0.0526. The summed E-state index contributed by atoms with van der Waals surface area (Å²) in [5.41, 5.74) is 1.76. The zero-order valence-electron chi connectivity index (χ0n) is 10.8. The van der Waals surface area contributed by atoms with Crippen LogP contribution in [-0.4, -0.2) is 25.2 Å². The number of anilines is 1. The summed E-state index contributed by atoms with van der Waals surface area (Å²) in [6, 6.07) is 6.24. The van der Waals surface area contributed by atoms with Crippen molar-refractivity contribution in [3.8, 4) is 0 Å². The Morgan fingerprint density at radius 2 is 2.33 bits per heavy atom. The van der Waals surface area contributed by atoms with Gasteiger partial charge in [0.1, 0.15) is 0 Å².